The molecule has 0 unspecified atom stereocenters. The molecule has 0 spiro atoms. The van der Waals surface area contributed by atoms with E-state index in [1.165, 1.54) is 25.4 Å². The summed E-state index contributed by atoms with van der Waals surface area (Å²) < 4.78 is 31.9. The standard InChI is InChI=1S/C30H35F2N7/c1-5-37-14-22-16-38(17-23(22)15-37)13-20-10-34-29(35-11-20)9-24-8-25(27(32)12-33-24)21-6-26(31)30-28(7-21)39(18(2)3)19(4)36-30/h6-8,10-12,18,22-23H,5,9,13-17H2,1-4H3/t22-,23+. The molecule has 0 amide bonds. The van der Waals surface area contributed by atoms with Gasteiger partial charge in [0.05, 0.1) is 18.1 Å². The maximum atomic E-state index is 15.0. The van der Waals surface area contributed by atoms with Gasteiger partial charge in [0, 0.05) is 68.0 Å². The van der Waals surface area contributed by atoms with E-state index in [0.29, 0.717) is 40.1 Å². The van der Waals surface area contributed by atoms with Gasteiger partial charge in [0.1, 0.15) is 23.0 Å². The third kappa shape index (κ3) is 5.05. The Bertz CT molecular complexity index is 1480. The lowest BCUT2D eigenvalue weighted by atomic mass is 10.0. The summed E-state index contributed by atoms with van der Waals surface area (Å²) in [5.74, 6) is 1.92. The molecule has 9 heteroatoms. The molecule has 2 aliphatic heterocycles. The molecular formula is C30H35F2N7. The summed E-state index contributed by atoms with van der Waals surface area (Å²) in [5.41, 5.74) is 3.43. The first-order valence-corrected chi connectivity index (χ1v) is 13.9. The van der Waals surface area contributed by atoms with E-state index in [1.54, 1.807) is 12.1 Å². The van der Waals surface area contributed by atoms with Crippen molar-refractivity contribution in [2.45, 2.75) is 46.7 Å². The molecule has 0 bridgehead atoms. The predicted octanol–water partition coefficient (Wildman–Crippen LogP) is 5.03. The second kappa shape index (κ2) is 10.4. The van der Waals surface area contributed by atoms with Crippen LogP contribution in [-0.4, -0.2) is 67.0 Å². The highest BCUT2D eigenvalue weighted by atomic mass is 19.1. The molecule has 2 aliphatic rings. The van der Waals surface area contributed by atoms with E-state index in [4.69, 9.17) is 0 Å². The molecule has 6 rings (SSSR count). The lowest BCUT2D eigenvalue weighted by Gasteiger charge is -2.20. The fourth-order valence-electron chi connectivity index (χ4n) is 6.43. The minimum absolute atomic E-state index is 0.0964. The molecule has 7 nitrogen and oxygen atoms in total. The van der Waals surface area contributed by atoms with E-state index in [1.807, 2.05) is 37.7 Å². The molecule has 2 atom stereocenters. The summed E-state index contributed by atoms with van der Waals surface area (Å²) in [6.07, 6.45) is 5.33. The van der Waals surface area contributed by atoms with Crippen LogP contribution in [0.3, 0.4) is 0 Å². The molecule has 1 aromatic carbocycles. The van der Waals surface area contributed by atoms with Gasteiger partial charge in [0.2, 0.25) is 0 Å². The maximum absolute atomic E-state index is 15.0. The predicted molar refractivity (Wildman–Crippen MR) is 147 cm³/mol. The van der Waals surface area contributed by atoms with Crippen molar-refractivity contribution in [2.75, 3.05) is 32.7 Å². The lowest BCUT2D eigenvalue weighted by Crippen LogP contribution is -2.28. The summed E-state index contributed by atoms with van der Waals surface area (Å²) in [6, 6.07) is 4.91. The Morgan fingerprint density at radius 2 is 1.59 bits per heavy atom. The van der Waals surface area contributed by atoms with Gasteiger partial charge in [-0.15, -0.1) is 0 Å². The van der Waals surface area contributed by atoms with Crippen LogP contribution < -0.4 is 0 Å². The molecule has 2 saturated heterocycles. The van der Waals surface area contributed by atoms with E-state index in [9.17, 15) is 4.39 Å². The van der Waals surface area contributed by atoms with Gasteiger partial charge in [0.15, 0.2) is 5.82 Å². The Morgan fingerprint density at radius 1 is 0.897 bits per heavy atom. The molecule has 0 radical (unpaired) electrons. The number of rotatable bonds is 7. The number of nitrogens with zero attached hydrogens (tertiary/aromatic N) is 7. The number of benzene rings is 1. The van der Waals surface area contributed by atoms with Crippen LogP contribution in [0.5, 0.6) is 0 Å². The van der Waals surface area contributed by atoms with Gasteiger partial charge in [-0.1, -0.05) is 6.92 Å². The second-order valence-electron chi connectivity index (χ2n) is 11.4. The molecule has 0 N–H and O–H groups in total. The zero-order valence-electron chi connectivity index (χ0n) is 23.0. The van der Waals surface area contributed by atoms with E-state index >= 15 is 4.39 Å². The second-order valence-corrected chi connectivity index (χ2v) is 11.4. The van der Waals surface area contributed by atoms with Crippen molar-refractivity contribution in [1.29, 1.82) is 0 Å². The molecule has 204 valence electrons. The fraction of sp³-hybridized carbons (Fsp3) is 0.467. The Labute approximate surface area is 227 Å². The van der Waals surface area contributed by atoms with Crippen LogP contribution in [-0.2, 0) is 13.0 Å². The minimum atomic E-state index is -0.501. The number of likely N-dealkylation sites (tertiary alicyclic amines) is 2. The Hall–Kier alpha value is -3.30. The highest BCUT2D eigenvalue weighted by Crippen LogP contribution is 2.32. The Kier molecular flexibility index (Phi) is 6.89. The number of pyridine rings is 1. The molecular weight excluding hydrogens is 496 g/mol. The van der Waals surface area contributed by atoms with E-state index in [-0.39, 0.29) is 6.04 Å². The summed E-state index contributed by atoms with van der Waals surface area (Å²) >= 11 is 0. The highest BCUT2D eigenvalue weighted by Gasteiger charge is 2.39. The van der Waals surface area contributed by atoms with Gasteiger partial charge < -0.3 is 9.47 Å². The average molecular weight is 532 g/mol. The van der Waals surface area contributed by atoms with Gasteiger partial charge in [0.25, 0.3) is 0 Å². The van der Waals surface area contributed by atoms with Gasteiger partial charge in [-0.2, -0.15) is 0 Å². The van der Waals surface area contributed by atoms with Crippen molar-refractivity contribution < 1.29 is 8.78 Å². The molecule has 3 aromatic heterocycles. The minimum Gasteiger partial charge on any atom is -0.326 e. The quantitative estimate of drug-likeness (QED) is 0.333. The summed E-state index contributed by atoms with van der Waals surface area (Å²) in [7, 11) is 0. The number of imidazole rings is 1. The summed E-state index contributed by atoms with van der Waals surface area (Å²) in [5, 5.41) is 0. The van der Waals surface area contributed by atoms with Crippen molar-refractivity contribution in [2.24, 2.45) is 11.8 Å². The third-order valence-corrected chi connectivity index (χ3v) is 8.25. The smallest absolute Gasteiger partial charge is 0.151 e. The number of fused-ring (bicyclic) bond motifs is 2. The number of hydrogen-bond acceptors (Lipinski definition) is 6. The zero-order chi connectivity index (χ0) is 27.3. The van der Waals surface area contributed by atoms with Gasteiger partial charge >= 0.3 is 0 Å². The Balaban J connectivity index is 1.18. The molecule has 0 aliphatic carbocycles. The van der Waals surface area contributed by atoms with Crippen LogP contribution in [0.4, 0.5) is 8.78 Å². The maximum Gasteiger partial charge on any atom is 0.151 e. The first-order chi connectivity index (χ1) is 18.8. The average Bonchev–Trinajstić information content (AvgIpc) is 3.57. The number of hydrogen-bond donors (Lipinski definition) is 0. The van der Waals surface area contributed by atoms with Crippen molar-refractivity contribution in [1.82, 2.24) is 34.3 Å². The van der Waals surface area contributed by atoms with Crippen LogP contribution >= 0.6 is 0 Å². The van der Waals surface area contributed by atoms with Crippen molar-refractivity contribution in [3.8, 4) is 11.1 Å². The Morgan fingerprint density at radius 3 is 2.26 bits per heavy atom. The fourth-order valence-corrected chi connectivity index (χ4v) is 6.43. The largest absolute Gasteiger partial charge is 0.326 e. The molecule has 5 heterocycles. The van der Waals surface area contributed by atoms with Crippen molar-refractivity contribution in [3.05, 3.63) is 71.3 Å². The van der Waals surface area contributed by atoms with Crippen LogP contribution in [0, 0.1) is 30.4 Å². The zero-order valence-corrected chi connectivity index (χ0v) is 23.0. The van der Waals surface area contributed by atoms with Crippen molar-refractivity contribution in [3.63, 3.8) is 0 Å². The van der Waals surface area contributed by atoms with Crippen LogP contribution in [0.15, 0.2) is 36.8 Å². The van der Waals surface area contributed by atoms with Gasteiger partial charge in [-0.3, -0.25) is 9.88 Å². The van der Waals surface area contributed by atoms with Crippen LogP contribution in [0.25, 0.3) is 22.2 Å². The topological polar surface area (TPSA) is 63.0 Å². The summed E-state index contributed by atoms with van der Waals surface area (Å²) in [6.45, 7) is 14.8. The number of aryl methyl sites for hydroxylation is 1. The molecule has 2 fully saturated rings. The normalized spacial score (nSPS) is 20.0. The first kappa shape index (κ1) is 26.0. The van der Waals surface area contributed by atoms with Gasteiger partial charge in [-0.25, -0.2) is 23.7 Å². The number of aromatic nitrogens is 5. The molecule has 39 heavy (non-hydrogen) atoms. The monoisotopic (exact) mass is 531 g/mol. The van der Waals surface area contributed by atoms with Crippen LogP contribution in [0.2, 0.25) is 0 Å². The van der Waals surface area contributed by atoms with E-state index < -0.39 is 11.6 Å². The highest BCUT2D eigenvalue weighted by molar-refractivity contribution is 5.83. The van der Waals surface area contributed by atoms with E-state index in [2.05, 4.69) is 36.7 Å². The van der Waals surface area contributed by atoms with Crippen LogP contribution in [0.1, 0.15) is 49.7 Å². The third-order valence-electron chi connectivity index (χ3n) is 8.25. The molecule has 4 aromatic rings. The molecule has 0 saturated carbocycles. The number of halogens is 2. The SMILES string of the molecule is CCN1C[C@@H]2CN(Cc3cnc(Cc4cc(-c5cc(F)c6nc(C)n(C(C)C)c6c5)c(F)cn4)nc3)C[C@@H]2C1. The van der Waals surface area contributed by atoms with Gasteiger partial charge in [-0.05, 0) is 62.9 Å². The van der Waals surface area contributed by atoms with E-state index in [0.717, 1.165) is 49.4 Å². The lowest BCUT2D eigenvalue weighted by molar-refractivity contribution is 0.256. The summed E-state index contributed by atoms with van der Waals surface area (Å²) in [4.78, 5) is 22.9. The first-order valence-electron chi connectivity index (χ1n) is 13.9. The van der Waals surface area contributed by atoms with Crippen molar-refractivity contribution >= 4 is 11.0 Å².